The Morgan fingerprint density at radius 1 is 1.21 bits per heavy atom. The van der Waals surface area contributed by atoms with E-state index in [2.05, 4.69) is 31.5 Å². The monoisotopic (exact) mass is 394 g/mol. The molecule has 2 fully saturated rings. The van der Waals surface area contributed by atoms with Crippen molar-refractivity contribution in [3.05, 3.63) is 22.8 Å². The fourth-order valence-corrected chi connectivity index (χ4v) is 3.63. The molecule has 3 rings (SSSR count). The summed E-state index contributed by atoms with van der Waals surface area (Å²) in [7, 11) is 0. The summed E-state index contributed by atoms with van der Waals surface area (Å²) in [5.74, 6) is 0.671. The minimum absolute atomic E-state index is 0.0485. The number of pyridine rings is 1. The number of piperidine rings is 2. The fraction of sp³-hybridized carbons (Fsp3) is 0.588. The van der Waals surface area contributed by atoms with Gasteiger partial charge >= 0.3 is 0 Å². The van der Waals surface area contributed by atoms with Crippen molar-refractivity contribution in [2.45, 2.75) is 25.7 Å². The van der Waals surface area contributed by atoms with E-state index in [0.29, 0.717) is 12.4 Å². The zero-order chi connectivity index (χ0) is 16.9. The first-order chi connectivity index (χ1) is 11.6. The Hall–Kier alpha value is -1.47. The van der Waals surface area contributed by atoms with E-state index in [1.807, 2.05) is 11.0 Å². The van der Waals surface area contributed by atoms with Crippen LogP contribution in [0.1, 0.15) is 25.7 Å². The Labute approximate surface area is 150 Å². The van der Waals surface area contributed by atoms with Gasteiger partial charge in [0.25, 0.3) is 0 Å². The van der Waals surface area contributed by atoms with Gasteiger partial charge in [-0.3, -0.25) is 9.59 Å². The third kappa shape index (κ3) is 4.33. The number of halogens is 1. The molecule has 2 N–H and O–H groups in total. The van der Waals surface area contributed by atoms with Crippen molar-refractivity contribution in [1.82, 2.24) is 15.2 Å². The maximum atomic E-state index is 12.7. The zero-order valence-corrected chi connectivity index (χ0v) is 15.2. The van der Waals surface area contributed by atoms with Crippen LogP contribution in [0.3, 0.4) is 0 Å². The van der Waals surface area contributed by atoms with Crippen molar-refractivity contribution in [2.75, 3.05) is 31.5 Å². The Morgan fingerprint density at radius 3 is 2.71 bits per heavy atom. The van der Waals surface area contributed by atoms with Crippen LogP contribution in [0.4, 0.5) is 5.82 Å². The second kappa shape index (κ2) is 8.07. The maximum Gasteiger partial charge on any atom is 0.230 e. The van der Waals surface area contributed by atoms with Crippen LogP contribution in [0.25, 0.3) is 0 Å². The number of nitrogens with one attached hydrogen (secondary N) is 2. The zero-order valence-electron chi connectivity index (χ0n) is 13.6. The number of nitrogens with zero attached hydrogens (tertiary/aromatic N) is 2. The van der Waals surface area contributed by atoms with Crippen LogP contribution in [0.2, 0.25) is 0 Å². The lowest BCUT2D eigenvalue weighted by Gasteiger charge is -2.35. The van der Waals surface area contributed by atoms with Crippen LogP contribution >= 0.6 is 15.9 Å². The molecule has 0 radical (unpaired) electrons. The van der Waals surface area contributed by atoms with Crippen molar-refractivity contribution in [3.63, 3.8) is 0 Å². The van der Waals surface area contributed by atoms with Crippen LogP contribution < -0.4 is 10.6 Å². The van der Waals surface area contributed by atoms with E-state index in [1.165, 1.54) is 0 Å². The van der Waals surface area contributed by atoms with Crippen molar-refractivity contribution in [1.29, 1.82) is 0 Å². The number of amides is 2. The number of likely N-dealkylation sites (tertiary alicyclic amines) is 1. The Balaban J connectivity index is 1.57. The molecule has 0 saturated carbocycles. The largest absolute Gasteiger partial charge is 0.342 e. The molecule has 24 heavy (non-hydrogen) atoms. The number of hydrogen-bond acceptors (Lipinski definition) is 4. The number of anilines is 1. The van der Waals surface area contributed by atoms with Crippen molar-refractivity contribution in [2.24, 2.45) is 11.8 Å². The predicted octanol–water partition coefficient (Wildman–Crippen LogP) is 2.02. The van der Waals surface area contributed by atoms with E-state index in [9.17, 15) is 9.59 Å². The van der Waals surface area contributed by atoms with Crippen molar-refractivity contribution in [3.8, 4) is 0 Å². The first-order valence-corrected chi connectivity index (χ1v) is 9.34. The van der Waals surface area contributed by atoms with Gasteiger partial charge in [-0.1, -0.05) is 0 Å². The van der Waals surface area contributed by atoms with Crippen molar-refractivity contribution < 1.29 is 9.59 Å². The Morgan fingerprint density at radius 2 is 2.00 bits per heavy atom. The second-order valence-corrected chi connectivity index (χ2v) is 7.41. The van der Waals surface area contributed by atoms with Gasteiger partial charge in [-0.25, -0.2) is 4.98 Å². The van der Waals surface area contributed by atoms with Gasteiger partial charge in [0.15, 0.2) is 0 Å². The predicted molar refractivity (Wildman–Crippen MR) is 95.5 cm³/mol. The fourth-order valence-electron chi connectivity index (χ4n) is 3.40. The number of rotatable bonds is 3. The molecular formula is C17H23BrN4O2. The molecule has 0 spiro atoms. The standard InChI is InChI=1S/C17H23BrN4O2/c18-14-3-4-15(20-10-14)21-16(23)13-2-1-9-22(11-13)17(24)12-5-7-19-8-6-12/h3-4,10,12-13,19H,1-2,5-9,11H2,(H,20,21,23). The third-order valence-corrected chi connectivity index (χ3v) is 5.24. The quantitative estimate of drug-likeness (QED) is 0.822. The van der Waals surface area contributed by atoms with Gasteiger partial charge in [-0.05, 0) is 66.8 Å². The molecule has 6 nitrogen and oxygen atoms in total. The van der Waals surface area contributed by atoms with Crippen molar-refractivity contribution >= 4 is 33.6 Å². The number of carbonyl (C=O) groups excluding carboxylic acids is 2. The lowest BCUT2D eigenvalue weighted by atomic mass is 9.92. The summed E-state index contributed by atoms with van der Waals surface area (Å²) in [6.07, 6.45) is 5.15. The third-order valence-electron chi connectivity index (χ3n) is 4.77. The van der Waals surface area contributed by atoms with Gasteiger partial charge in [-0.2, -0.15) is 0 Å². The molecule has 7 heteroatoms. The van der Waals surface area contributed by atoms with Gasteiger partial charge < -0.3 is 15.5 Å². The van der Waals surface area contributed by atoms with E-state index in [-0.39, 0.29) is 23.7 Å². The first-order valence-electron chi connectivity index (χ1n) is 8.55. The van der Waals surface area contributed by atoms with Gasteiger partial charge in [0.05, 0.1) is 5.92 Å². The summed E-state index contributed by atoms with van der Waals surface area (Å²) in [4.78, 5) is 31.2. The van der Waals surface area contributed by atoms with Crippen LogP contribution in [-0.2, 0) is 9.59 Å². The van der Waals surface area contributed by atoms with Gasteiger partial charge in [0.1, 0.15) is 5.82 Å². The molecule has 1 atom stereocenters. The summed E-state index contributed by atoms with van der Waals surface area (Å²) in [6, 6.07) is 3.61. The molecule has 3 heterocycles. The summed E-state index contributed by atoms with van der Waals surface area (Å²) in [5.41, 5.74) is 0. The summed E-state index contributed by atoms with van der Waals surface area (Å²) >= 11 is 3.33. The van der Waals surface area contributed by atoms with E-state index in [0.717, 1.165) is 49.8 Å². The minimum atomic E-state index is -0.158. The molecule has 130 valence electrons. The van der Waals surface area contributed by atoms with Gasteiger partial charge in [-0.15, -0.1) is 0 Å². The molecule has 1 aromatic heterocycles. The highest BCUT2D eigenvalue weighted by atomic mass is 79.9. The lowest BCUT2D eigenvalue weighted by molar-refractivity contribution is -0.139. The van der Waals surface area contributed by atoms with E-state index in [1.54, 1.807) is 12.3 Å². The Bertz CT molecular complexity index is 587. The van der Waals surface area contributed by atoms with Crippen LogP contribution in [-0.4, -0.2) is 47.9 Å². The second-order valence-electron chi connectivity index (χ2n) is 6.50. The molecule has 1 aromatic rings. The number of hydrogen-bond donors (Lipinski definition) is 2. The SMILES string of the molecule is O=C(Nc1ccc(Br)cn1)C1CCCN(C(=O)C2CCNCC2)C1. The van der Waals surface area contributed by atoms with E-state index in [4.69, 9.17) is 0 Å². The number of aromatic nitrogens is 1. The number of carbonyl (C=O) groups is 2. The highest BCUT2D eigenvalue weighted by Gasteiger charge is 2.32. The smallest absolute Gasteiger partial charge is 0.230 e. The van der Waals surface area contributed by atoms with E-state index >= 15 is 0 Å². The van der Waals surface area contributed by atoms with Crippen LogP contribution in [0, 0.1) is 11.8 Å². The molecule has 0 aromatic carbocycles. The summed E-state index contributed by atoms with van der Waals surface area (Å²) < 4.78 is 0.872. The molecule has 2 aliphatic rings. The molecule has 2 aliphatic heterocycles. The summed E-state index contributed by atoms with van der Waals surface area (Å²) in [5, 5.41) is 6.14. The molecule has 2 amide bonds. The lowest BCUT2D eigenvalue weighted by Crippen LogP contribution is -2.47. The average Bonchev–Trinajstić information content (AvgIpc) is 2.64. The maximum absolute atomic E-state index is 12.7. The highest BCUT2D eigenvalue weighted by Crippen LogP contribution is 2.23. The van der Waals surface area contributed by atoms with Crippen LogP contribution in [0.15, 0.2) is 22.8 Å². The minimum Gasteiger partial charge on any atom is -0.342 e. The molecule has 2 saturated heterocycles. The summed E-state index contributed by atoms with van der Waals surface area (Å²) in [6.45, 7) is 3.10. The Kier molecular flexibility index (Phi) is 5.84. The normalized spacial score (nSPS) is 22.2. The average molecular weight is 395 g/mol. The van der Waals surface area contributed by atoms with Gasteiger partial charge in [0, 0.05) is 29.7 Å². The highest BCUT2D eigenvalue weighted by molar-refractivity contribution is 9.10. The molecule has 0 aliphatic carbocycles. The topological polar surface area (TPSA) is 74.3 Å². The molecular weight excluding hydrogens is 372 g/mol. The first kappa shape index (κ1) is 17.4. The van der Waals surface area contributed by atoms with E-state index < -0.39 is 0 Å². The van der Waals surface area contributed by atoms with Crippen LogP contribution in [0.5, 0.6) is 0 Å². The van der Waals surface area contributed by atoms with Gasteiger partial charge in [0.2, 0.25) is 11.8 Å². The molecule has 1 unspecified atom stereocenters. The molecule has 0 bridgehead atoms.